The predicted octanol–water partition coefficient (Wildman–Crippen LogP) is 13.7. The summed E-state index contributed by atoms with van der Waals surface area (Å²) in [6.07, 6.45) is 0. The van der Waals surface area contributed by atoms with Crippen LogP contribution >= 0.6 is 11.3 Å². The van der Waals surface area contributed by atoms with E-state index >= 15 is 0 Å². The van der Waals surface area contributed by atoms with E-state index < -0.39 is 18.1 Å². The van der Waals surface area contributed by atoms with Crippen molar-refractivity contribution in [2.24, 2.45) is 0 Å². The molecular formula is C51H32N4S. The van der Waals surface area contributed by atoms with E-state index in [1.165, 1.54) is 6.07 Å². The first kappa shape index (κ1) is 22.2. The number of benzene rings is 8. The average molecular weight is 745 g/mol. The molecule has 0 saturated carbocycles. The van der Waals surface area contributed by atoms with Gasteiger partial charge in [-0.05, 0) is 64.7 Å². The molecule has 0 aliphatic rings. The van der Waals surface area contributed by atoms with Crippen molar-refractivity contribution in [3.63, 3.8) is 0 Å². The van der Waals surface area contributed by atoms with E-state index in [0.717, 1.165) is 31.3 Å². The zero-order valence-electron chi connectivity index (χ0n) is 41.2. The first-order chi connectivity index (χ1) is 32.7. The Kier molecular flexibility index (Phi) is 5.27. The van der Waals surface area contributed by atoms with Gasteiger partial charge in [0.2, 0.25) is 0 Å². The maximum absolute atomic E-state index is 9.11. The van der Waals surface area contributed by atoms with Gasteiger partial charge in [-0.25, -0.2) is 15.0 Å². The standard InChI is InChI=1S/C51H32N4S/c1-3-15-33(16-4-1)35-29-30-47-43(32-35)41-25-14-24-38(48(41)56-47)36-19-13-20-37(31-36)50-52-49(34-17-5-2-6-18-34)53-51(54-50)42-23-9-12-28-46(42)55-44-26-10-7-21-39(44)40-22-8-11-27-45(40)55/h1-32H/i1D,3D,4D,7D,8D,10D,15D,16D,21D,22D,26D,27D. The van der Waals surface area contributed by atoms with Crippen molar-refractivity contribution >= 4 is 53.3 Å². The molecule has 3 heterocycles. The molecule has 0 N–H and O–H groups in total. The van der Waals surface area contributed by atoms with Crippen LogP contribution in [0.3, 0.4) is 0 Å². The highest BCUT2D eigenvalue weighted by Crippen LogP contribution is 2.42. The highest BCUT2D eigenvalue weighted by Gasteiger charge is 2.19. The molecule has 0 radical (unpaired) electrons. The van der Waals surface area contributed by atoms with Gasteiger partial charge in [0.1, 0.15) is 0 Å². The smallest absolute Gasteiger partial charge is 0.166 e. The minimum Gasteiger partial charge on any atom is -0.309 e. The van der Waals surface area contributed by atoms with Crippen molar-refractivity contribution in [3.8, 4) is 62.1 Å². The highest BCUT2D eigenvalue weighted by molar-refractivity contribution is 7.26. The first-order valence-corrected chi connectivity index (χ1v) is 18.6. The molecule has 262 valence electrons. The summed E-state index contributed by atoms with van der Waals surface area (Å²) < 4.78 is 107. The Morgan fingerprint density at radius 3 is 1.98 bits per heavy atom. The highest BCUT2D eigenvalue weighted by atomic mass is 32.1. The molecule has 0 unspecified atom stereocenters. The molecule has 11 aromatic rings. The lowest BCUT2D eigenvalue weighted by Gasteiger charge is -2.14. The third-order valence-corrected chi connectivity index (χ3v) is 11.1. The molecular weight excluding hydrogens is 701 g/mol. The van der Waals surface area contributed by atoms with E-state index in [9.17, 15) is 0 Å². The number of aromatic nitrogens is 4. The fourth-order valence-corrected chi connectivity index (χ4v) is 8.53. The first-order valence-electron chi connectivity index (χ1n) is 23.8. The molecule has 0 amide bonds. The Morgan fingerprint density at radius 2 is 1.09 bits per heavy atom. The second-order valence-corrected chi connectivity index (χ2v) is 14.2. The van der Waals surface area contributed by atoms with Gasteiger partial charge in [-0.1, -0.05) is 151 Å². The molecule has 3 aromatic heterocycles. The minimum absolute atomic E-state index is 0.0367. The van der Waals surface area contributed by atoms with E-state index in [4.69, 9.17) is 31.4 Å². The SMILES string of the molecule is [2H]c1cc([2H])c2c(c1[2H])c1c([2H])c([2H])c([2H])c([2H])c1n2-c1ccccc1-c1nc(-c2ccccc2)nc(-c2cccc(-c3cccc4c3sc3ccc(-c5c([2H])c([2H])c([2H])c([2H])c5[2H])cc34)c2)n1. The van der Waals surface area contributed by atoms with E-state index in [0.29, 0.717) is 39.6 Å². The lowest BCUT2D eigenvalue weighted by Crippen LogP contribution is -2.03. The number of thiophene rings is 1. The number of hydrogen-bond acceptors (Lipinski definition) is 4. The molecule has 0 bridgehead atoms. The molecule has 4 nitrogen and oxygen atoms in total. The molecule has 0 atom stereocenters. The number of nitrogens with zero attached hydrogens (tertiary/aromatic N) is 4. The Bertz CT molecular complexity index is 3940. The van der Waals surface area contributed by atoms with Crippen molar-refractivity contribution in [1.29, 1.82) is 0 Å². The van der Waals surface area contributed by atoms with E-state index in [1.54, 1.807) is 46.2 Å². The van der Waals surface area contributed by atoms with Crippen molar-refractivity contribution in [1.82, 2.24) is 19.5 Å². The van der Waals surface area contributed by atoms with Crippen LogP contribution < -0.4 is 0 Å². The second-order valence-electron chi connectivity index (χ2n) is 13.1. The zero-order chi connectivity index (χ0) is 47.4. The fraction of sp³-hybridized carbons (Fsp3) is 0. The van der Waals surface area contributed by atoms with Gasteiger partial charge in [-0.15, -0.1) is 11.3 Å². The maximum atomic E-state index is 9.11. The Labute approximate surface area is 344 Å². The van der Waals surface area contributed by atoms with Crippen LogP contribution in [-0.4, -0.2) is 19.5 Å². The topological polar surface area (TPSA) is 43.6 Å². The van der Waals surface area contributed by atoms with Crippen LogP contribution in [0.2, 0.25) is 0 Å². The van der Waals surface area contributed by atoms with Crippen LogP contribution in [0.1, 0.15) is 16.4 Å². The van der Waals surface area contributed by atoms with Gasteiger partial charge < -0.3 is 4.57 Å². The number of hydrogen-bond donors (Lipinski definition) is 0. The Balaban J connectivity index is 1.10. The van der Waals surface area contributed by atoms with Gasteiger partial charge in [0.15, 0.2) is 17.5 Å². The lowest BCUT2D eigenvalue weighted by molar-refractivity contribution is 1.06. The van der Waals surface area contributed by atoms with Gasteiger partial charge in [-0.2, -0.15) is 0 Å². The summed E-state index contributed by atoms with van der Waals surface area (Å²) in [5.41, 5.74) is 4.89. The predicted molar refractivity (Wildman–Crippen MR) is 234 cm³/mol. The molecule has 0 aliphatic carbocycles. The van der Waals surface area contributed by atoms with Crippen LogP contribution in [0, 0.1) is 0 Å². The van der Waals surface area contributed by atoms with E-state index in [1.807, 2.05) is 84.9 Å². The molecule has 0 saturated heterocycles. The number of fused-ring (bicyclic) bond motifs is 6. The normalized spacial score (nSPS) is 14.6. The monoisotopic (exact) mass is 744 g/mol. The Morgan fingerprint density at radius 1 is 0.411 bits per heavy atom. The number of para-hydroxylation sites is 3. The summed E-state index contributed by atoms with van der Waals surface area (Å²) >= 11 is 1.59. The average Bonchev–Trinajstić information content (AvgIpc) is 3.93. The third kappa shape index (κ3) is 5.40. The van der Waals surface area contributed by atoms with Crippen LogP contribution in [0.5, 0.6) is 0 Å². The molecule has 0 aliphatic heterocycles. The second kappa shape index (κ2) is 13.3. The molecule has 8 aromatic carbocycles. The fourth-order valence-electron chi connectivity index (χ4n) is 7.31. The lowest BCUT2D eigenvalue weighted by atomic mass is 9.99. The number of rotatable bonds is 6. The summed E-state index contributed by atoms with van der Waals surface area (Å²) in [5, 5.41) is 1.93. The Hall–Kier alpha value is -7.21. The zero-order valence-corrected chi connectivity index (χ0v) is 30.1. The van der Waals surface area contributed by atoms with Crippen molar-refractivity contribution in [2.45, 2.75) is 0 Å². The quantitative estimate of drug-likeness (QED) is 0.170. The summed E-state index contributed by atoms with van der Waals surface area (Å²) in [7, 11) is 0. The van der Waals surface area contributed by atoms with Crippen LogP contribution in [0.25, 0.3) is 104 Å². The van der Waals surface area contributed by atoms with Gasteiger partial charge >= 0.3 is 0 Å². The summed E-state index contributed by atoms with van der Waals surface area (Å²) in [5.74, 6) is 0.946. The summed E-state index contributed by atoms with van der Waals surface area (Å²) in [6.45, 7) is 0. The van der Waals surface area contributed by atoms with E-state index in [-0.39, 0.29) is 87.6 Å². The van der Waals surface area contributed by atoms with Crippen molar-refractivity contribution in [3.05, 3.63) is 194 Å². The molecule has 5 heteroatoms. The largest absolute Gasteiger partial charge is 0.309 e. The van der Waals surface area contributed by atoms with E-state index in [2.05, 4.69) is 0 Å². The van der Waals surface area contributed by atoms with Gasteiger partial charge in [0, 0.05) is 47.6 Å². The van der Waals surface area contributed by atoms with Crippen LogP contribution in [0.4, 0.5) is 0 Å². The summed E-state index contributed by atoms with van der Waals surface area (Å²) in [6, 6.07) is 33.1. The molecule has 56 heavy (non-hydrogen) atoms. The van der Waals surface area contributed by atoms with Crippen LogP contribution in [-0.2, 0) is 0 Å². The van der Waals surface area contributed by atoms with Crippen molar-refractivity contribution < 1.29 is 16.4 Å². The molecule has 0 spiro atoms. The van der Waals surface area contributed by atoms with Gasteiger partial charge in [-0.3, -0.25) is 0 Å². The van der Waals surface area contributed by atoms with Crippen molar-refractivity contribution in [2.75, 3.05) is 0 Å². The minimum atomic E-state index is -0.488. The summed E-state index contributed by atoms with van der Waals surface area (Å²) in [4.78, 5) is 15.1. The third-order valence-electron chi connectivity index (χ3n) is 9.85. The van der Waals surface area contributed by atoms with Gasteiger partial charge in [0.25, 0.3) is 0 Å². The van der Waals surface area contributed by atoms with Gasteiger partial charge in [0.05, 0.1) is 33.2 Å². The maximum Gasteiger partial charge on any atom is 0.166 e. The molecule has 0 fully saturated rings. The van der Waals surface area contributed by atoms with Crippen LogP contribution in [0.15, 0.2) is 194 Å². The molecule has 11 rings (SSSR count).